The lowest BCUT2D eigenvalue weighted by atomic mass is 9.91. The summed E-state index contributed by atoms with van der Waals surface area (Å²) in [6.07, 6.45) is 6.75. The Hall–Kier alpha value is -0.580. The van der Waals surface area contributed by atoms with Crippen LogP contribution in [0.3, 0.4) is 0 Å². The van der Waals surface area contributed by atoms with Crippen molar-refractivity contribution in [2.75, 3.05) is 18.8 Å². The van der Waals surface area contributed by atoms with E-state index >= 15 is 0 Å². The molecule has 0 aliphatic heterocycles. The van der Waals surface area contributed by atoms with E-state index in [4.69, 9.17) is 4.99 Å². The van der Waals surface area contributed by atoms with Crippen LogP contribution in [0.15, 0.2) is 4.99 Å². The lowest BCUT2D eigenvalue weighted by molar-refractivity contribution is 0.368. The van der Waals surface area contributed by atoms with Crippen molar-refractivity contribution in [2.45, 2.75) is 84.4 Å². The van der Waals surface area contributed by atoms with Crippen molar-refractivity contribution >= 4 is 16.8 Å². The van der Waals surface area contributed by atoms with E-state index in [2.05, 4.69) is 38.3 Å². The topological polar surface area (TPSA) is 53.5 Å². The maximum Gasteiger partial charge on any atom is 0.191 e. The van der Waals surface area contributed by atoms with Crippen LogP contribution in [-0.2, 0) is 10.8 Å². The first kappa shape index (κ1) is 20.5. The van der Waals surface area contributed by atoms with Gasteiger partial charge in [0.25, 0.3) is 0 Å². The van der Waals surface area contributed by atoms with Gasteiger partial charge in [-0.05, 0) is 44.4 Å². The van der Waals surface area contributed by atoms with E-state index in [9.17, 15) is 4.21 Å². The molecule has 3 atom stereocenters. The highest BCUT2D eigenvalue weighted by atomic mass is 32.2. The molecule has 1 rings (SSSR count). The maximum atomic E-state index is 12.1. The molecule has 1 aliphatic rings. The van der Waals surface area contributed by atoms with Crippen LogP contribution in [0.25, 0.3) is 0 Å². The number of nitrogens with one attached hydrogen (secondary N) is 2. The fourth-order valence-corrected chi connectivity index (χ4v) is 4.41. The molecule has 0 aromatic carbocycles. The van der Waals surface area contributed by atoms with Gasteiger partial charge in [0.15, 0.2) is 5.96 Å². The van der Waals surface area contributed by atoms with Gasteiger partial charge in [-0.2, -0.15) is 0 Å². The van der Waals surface area contributed by atoms with Gasteiger partial charge in [-0.25, -0.2) is 0 Å². The first-order chi connectivity index (χ1) is 10.9. The zero-order valence-electron chi connectivity index (χ0n) is 15.8. The van der Waals surface area contributed by atoms with Crippen LogP contribution >= 0.6 is 0 Å². The Balaban J connectivity index is 2.49. The molecule has 0 heterocycles. The van der Waals surface area contributed by atoms with Crippen molar-refractivity contribution in [1.82, 2.24) is 10.6 Å². The molecule has 2 N–H and O–H groups in total. The molecular weight excluding hydrogens is 306 g/mol. The van der Waals surface area contributed by atoms with Crippen molar-refractivity contribution in [3.05, 3.63) is 0 Å². The van der Waals surface area contributed by atoms with E-state index in [0.29, 0.717) is 16.7 Å². The molecule has 136 valence electrons. The van der Waals surface area contributed by atoms with Gasteiger partial charge < -0.3 is 10.6 Å². The third-order valence-electron chi connectivity index (χ3n) is 4.32. The average Bonchev–Trinajstić information content (AvgIpc) is 2.50. The molecule has 0 amide bonds. The van der Waals surface area contributed by atoms with E-state index in [-0.39, 0.29) is 0 Å². The van der Waals surface area contributed by atoms with E-state index in [1.807, 2.05) is 6.92 Å². The minimum Gasteiger partial charge on any atom is -0.357 e. The van der Waals surface area contributed by atoms with Gasteiger partial charge in [0.1, 0.15) is 0 Å². The van der Waals surface area contributed by atoms with Crippen LogP contribution < -0.4 is 10.6 Å². The van der Waals surface area contributed by atoms with Gasteiger partial charge >= 0.3 is 0 Å². The van der Waals surface area contributed by atoms with Crippen LogP contribution in [0.4, 0.5) is 0 Å². The van der Waals surface area contributed by atoms with Crippen molar-refractivity contribution in [2.24, 2.45) is 10.4 Å². The number of aliphatic imine (C=N–C) groups is 1. The van der Waals surface area contributed by atoms with Crippen molar-refractivity contribution in [3.8, 4) is 0 Å². The number of hydrogen-bond donors (Lipinski definition) is 2. The largest absolute Gasteiger partial charge is 0.357 e. The van der Waals surface area contributed by atoms with E-state index < -0.39 is 10.8 Å². The molecule has 4 nitrogen and oxygen atoms in total. The summed E-state index contributed by atoms with van der Waals surface area (Å²) in [4.78, 5) is 4.72. The van der Waals surface area contributed by atoms with E-state index in [0.717, 1.165) is 56.9 Å². The highest BCUT2D eigenvalue weighted by Crippen LogP contribution is 2.23. The minimum atomic E-state index is -0.670. The summed E-state index contributed by atoms with van der Waals surface area (Å²) in [6, 6.07) is 0.407. The average molecular weight is 344 g/mol. The Kier molecular flexibility index (Phi) is 9.18. The van der Waals surface area contributed by atoms with Gasteiger partial charge in [-0.1, -0.05) is 34.1 Å². The summed E-state index contributed by atoms with van der Waals surface area (Å²) < 4.78 is 12.1. The van der Waals surface area contributed by atoms with Gasteiger partial charge in [0, 0.05) is 40.9 Å². The minimum absolute atomic E-state index is 0.356. The summed E-state index contributed by atoms with van der Waals surface area (Å²) in [7, 11) is -0.670. The number of hydrogen-bond acceptors (Lipinski definition) is 2. The lowest BCUT2D eigenvalue weighted by Gasteiger charge is -2.30. The van der Waals surface area contributed by atoms with Gasteiger partial charge in [0.2, 0.25) is 0 Å². The van der Waals surface area contributed by atoms with Gasteiger partial charge in [-0.15, -0.1) is 0 Å². The maximum absolute atomic E-state index is 12.1. The second kappa shape index (κ2) is 10.3. The molecule has 0 bridgehead atoms. The van der Waals surface area contributed by atoms with Crippen LogP contribution in [0.2, 0.25) is 0 Å². The summed E-state index contributed by atoms with van der Waals surface area (Å²) in [5.41, 5.74) is 0.377. The van der Waals surface area contributed by atoms with Crippen LogP contribution in [0, 0.1) is 5.41 Å². The summed E-state index contributed by atoms with van der Waals surface area (Å²) in [5, 5.41) is 7.27. The Bertz CT molecular complexity index is 390. The smallest absolute Gasteiger partial charge is 0.191 e. The van der Waals surface area contributed by atoms with Crippen molar-refractivity contribution in [3.63, 3.8) is 0 Å². The first-order valence-corrected chi connectivity index (χ1v) is 10.7. The summed E-state index contributed by atoms with van der Waals surface area (Å²) in [6.45, 7) is 12.7. The molecule has 23 heavy (non-hydrogen) atoms. The molecule has 5 heteroatoms. The van der Waals surface area contributed by atoms with Crippen molar-refractivity contribution in [1.29, 1.82) is 0 Å². The first-order valence-electron chi connectivity index (χ1n) is 9.27. The predicted octanol–water partition coefficient (Wildman–Crippen LogP) is 3.45. The molecular formula is C18H37N3OS. The van der Waals surface area contributed by atoms with Crippen LogP contribution in [0.5, 0.6) is 0 Å². The predicted molar refractivity (Wildman–Crippen MR) is 103 cm³/mol. The molecule has 0 aromatic rings. The molecule has 0 radical (unpaired) electrons. The molecule has 1 saturated carbocycles. The quantitative estimate of drug-likeness (QED) is 0.423. The second-order valence-corrected chi connectivity index (χ2v) is 9.73. The fourth-order valence-electron chi connectivity index (χ4n) is 3.06. The highest BCUT2D eigenvalue weighted by molar-refractivity contribution is 7.85. The molecule has 3 unspecified atom stereocenters. The van der Waals surface area contributed by atoms with E-state index in [1.165, 1.54) is 6.42 Å². The summed E-state index contributed by atoms with van der Waals surface area (Å²) in [5.74, 6) is 1.70. The lowest BCUT2D eigenvalue weighted by Crippen LogP contribution is -2.46. The number of nitrogens with zero attached hydrogens (tertiary/aromatic N) is 1. The number of guanidine groups is 1. The van der Waals surface area contributed by atoms with Gasteiger partial charge in [0.05, 0.1) is 0 Å². The Morgan fingerprint density at radius 2 is 2.00 bits per heavy atom. The normalized spacial score (nSPS) is 24.3. The van der Waals surface area contributed by atoms with Crippen LogP contribution in [0.1, 0.15) is 73.1 Å². The fraction of sp³-hybridized carbons (Fsp3) is 0.944. The van der Waals surface area contributed by atoms with Gasteiger partial charge in [-0.3, -0.25) is 9.20 Å². The molecule has 1 fully saturated rings. The second-order valence-electron chi connectivity index (χ2n) is 7.72. The SMILES string of the molecule is CCNC(=NCCCC(C)(C)C)NC1CCCC(S(=O)CC)C1. The zero-order valence-corrected chi connectivity index (χ0v) is 16.6. The Morgan fingerprint density at radius 1 is 1.26 bits per heavy atom. The molecule has 0 aromatic heterocycles. The standard InChI is InChI=1S/C18H37N3OS/c1-6-19-17(20-13-9-12-18(3,4)5)21-15-10-8-11-16(14-15)23(22)7-2/h15-16H,6-14H2,1-5H3,(H2,19,20,21). The molecule has 0 saturated heterocycles. The Labute approximate surface area is 145 Å². The number of rotatable bonds is 7. The van der Waals surface area contributed by atoms with E-state index in [1.54, 1.807) is 0 Å². The molecule has 1 aliphatic carbocycles. The Morgan fingerprint density at radius 3 is 2.61 bits per heavy atom. The monoisotopic (exact) mass is 343 g/mol. The third-order valence-corrected chi connectivity index (χ3v) is 6.06. The van der Waals surface area contributed by atoms with Crippen LogP contribution in [-0.4, -0.2) is 40.3 Å². The highest BCUT2D eigenvalue weighted by Gasteiger charge is 2.26. The molecule has 0 spiro atoms. The zero-order chi connectivity index (χ0) is 17.3. The summed E-state index contributed by atoms with van der Waals surface area (Å²) >= 11 is 0. The van der Waals surface area contributed by atoms with Crippen molar-refractivity contribution < 1.29 is 4.21 Å². The third kappa shape index (κ3) is 8.73.